The standard InChI is InChI=1S/C34H45N5O7/c1-20(2)13-27(31(42)34(45)39-29(40)14-21(3)4)37-33(44)28(17-25-18-35-19-36-25)38-32(43)24(16-30(41)46-5)15-23-11-8-10-22-9-6-7-12-26(22)23/h6-12,18-21,24,27-28,31,42H,13-17H2,1-5H3,(H,35,36)(H,37,44)(H,38,43)(H,39,40,45)/t24?,27-,28-,31?/m0/s1. The predicted molar refractivity (Wildman–Crippen MR) is 172 cm³/mol. The van der Waals surface area contributed by atoms with Gasteiger partial charge in [-0.1, -0.05) is 70.2 Å². The van der Waals surface area contributed by atoms with Crippen LogP contribution in [-0.2, 0) is 41.6 Å². The first-order chi connectivity index (χ1) is 21.9. The van der Waals surface area contributed by atoms with Gasteiger partial charge in [-0.15, -0.1) is 0 Å². The van der Waals surface area contributed by atoms with Gasteiger partial charge in [0, 0.05) is 19.0 Å². The summed E-state index contributed by atoms with van der Waals surface area (Å²) >= 11 is 0. The maximum Gasteiger partial charge on any atom is 0.306 e. The molecular formula is C34H45N5O7. The summed E-state index contributed by atoms with van der Waals surface area (Å²) in [5.41, 5.74) is 1.34. The monoisotopic (exact) mass is 635 g/mol. The van der Waals surface area contributed by atoms with Gasteiger partial charge in [0.05, 0.1) is 37.5 Å². The van der Waals surface area contributed by atoms with Crippen LogP contribution in [0.4, 0.5) is 0 Å². The molecule has 0 aliphatic heterocycles. The number of nitrogens with one attached hydrogen (secondary N) is 4. The number of benzene rings is 2. The van der Waals surface area contributed by atoms with Crippen molar-refractivity contribution in [1.29, 1.82) is 0 Å². The number of aromatic amines is 1. The topological polar surface area (TPSA) is 180 Å². The molecule has 0 spiro atoms. The molecule has 0 bridgehead atoms. The maximum absolute atomic E-state index is 13.8. The van der Waals surface area contributed by atoms with Crippen LogP contribution in [0.2, 0.25) is 0 Å². The van der Waals surface area contributed by atoms with Gasteiger partial charge in [-0.3, -0.25) is 29.3 Å². The molecule has 12 nitrogen and oxygen atoms in total. The van der Waals surface area contributed by atoms with E-state index >= 15 is 0 Å². The minimum absolute atomic E-state index is 0.00568. The Morgan fingerprint density at radius 2 is 1.59 bits per heavy atom. The van der Waals surface area contributed by atoms with Crippen molar-refractivity contribution in [2.45, 2.75) is 78.0 Å². The van der Waals surface area contributed by atoms with Crippen LogP contribution in [0.3, 0.4) is 0 Å². The molecular weight excluding hydrogens is 590 g/mol. The summed E-state index contributed by atoms with van der Waals surface area (Å²) in [7, 11) is 1.25. The fourth-order valence-electron chi connectivity index (χ4n) is 5.26. The van der Waals surface area contributed by atoms with Crippen molar-refractivity contribution in [2.24, 2.45) is 17.8 Å². The average Bonchev–Trinajstić information content (AvgIpc) is 3.52. The highest BCUT2D eigenvalue weighted by molar-refractivity contribution is 5.98. The number of aliphatic hydroxyl groups is 1. The van der Waals surface area contributed by atoms with Gasteiger partial charge in [-0.2, -0.15) is 0 Å². The largest absolute Gasteiger partial charge is 0.469 e. The van der Waals surface area contributed by atoms with E-state index in [1.165, 1.54) is 13.4 Å². The van der Waals surface area contributed by atoms with Crippen LogP contribution in [0.15, 0.2) is 55.0 Å². The summed E-state index contributed by atoms with van der Waals surface area (Å²) in [5, 5.41) is 20.5. The Bertz CT molecular complexity index is 1480. The van der Waals surface area contributed by atoms with E-state index in [1.807, 2.05) is 70.2 Å². The van der Waals surface area contributed by atoms with Crippen LogP contribution >= 0.6 is 0 Å². The number of esters is 1. The van der Waals surface area contributed by atoms with Crippen LogP contribution in [0.5, 0.6) is 0 Å². The van der Waals surface area contributed by atoms with Gasteiger partial charge in [0.2, 0.25) is 17.7 Å². The summed E-state index contributed by atoms with van der Waals surface area (Å²) < 4.78 is 4.88. The van der Waals surface area contributed by atoms with E-state index in [0.29, 0.717) is 5.69 Å². The lowest BCUT2D eigenvalue weighted by molar-refractivity contribution is -0.144. The van der Waals surface area contributed by atoms with E-state index in [1.54, 1.807) is 6.20 Å². The molecule has 248 valence electrons. The van der Waals surface area contributed by atoms with Crippen molar-refractivity contribution in [1.82, 2.24) is 25.9 Å². The number of aromatic nitrogens is 2. The molecule has 46 heavy (non-hydrogen) atoms. The molecule has 0 fully saturated rings. The molecule has 0 radical (unpaired) electrons. The van der Waals surface area contributed by atoms with Gasteiger partial charge in [0.15, 0.2) is 6.10 Å². The molecule has 0 aliphatic rings. The zero-order valence-corrected chi connectivity index (χ0v) is 27.0. The van der Waals surface area contributed by atoms with Crippen molar-refractivity contribution >= 4 is 40.4 Å². The van der Waals surface area contributed by atoms with Crippen molar-refractivity contribution in [3.8, 4) is 0 Å². The SMILES string of the molecule is COC(=O)CC(Cc1cccc2ccccc12)C(=O)N[C@@H](Cc1c[nH]cn1)C(=O)N[C@@H](CC(C)C)C(O)C(=O)NC(=O)CC(C)C. The molecule has 0 saturated heterocycles. The minimum atomic E-state index is -1.72. The Kier molecular flexibility index (Phi) is 13.4. The van der Waals surface area contributed by atoms with Gasteiger partial charge < -0.3 is 25.5 Å². The third kappa shape index (κ3) is 10.8. The van der Waals surface area contributed by atoms with Crippen LogP contribution in [0, 0.1) is 17.8 Å². The molecule has 3 rings (SSSR count). The zero-order chi connectivity index (χ0) is 33.8. The summed E-state index contributed by atoms with van der Waals surface area (Å²) in [6, 6.07) is 11.2. The summed E-state index contributed by atoms with van der Waals surface area (Å²) in [4.78, 5) is 71.9. The first kappa shape index (κ1) is 35.9. The van der Waals surface area contributed by atoms with E-state index in [9.17, 15) is 29.1 Å². The molecule has 12 heteroatoms. The number of nitrogens with zero attached hydrogens (tertiary/aromatic N) is 1. The average molecular weight is 636 g/mol. The molecule has 0 aliphatic carbocycles. The second-order valence-electron chi connectivity index (χ2n) is 12.3. The molecule has 5 N–H and O–H groups in total. The summed E-state index contributed by atoms with van der Waals surface area (Å²) in [6.07, 6.45) is 1.60. The third-order valence-electron chi connectivity index (χ3n) is 7.52. The highest BCUT2D eigenvalue weighted by atomic mass is 16.5. The molecule has 2 aromatic carbocycles. The van der Waals surface area contributed by atoms with Gasteiger partial charge >= 0.3 is 5.97 Å². The Hall–Kier alpha value is -4.58. The highest BCUT2D eigenvalue weighted by Crippen LogP contribution is 2.23. The van der Waals surface area contributed by atoms with E-state index in [4.69, 9.17) is 4.74 Å². The highest BCUT2D eigenvalue weighted by Gasteiger charge is 2.34. The van der Waals surface area contributed by atoms with E-state index in [2.05, 4.69) is 25.9 Å². The molecule has 3 aromatic rings. The molecule has 1 heterocycles. The zero-order valence-electron chi connectivity index (χ0n) is 27.0. The second-order valence-corrected chi connectivity index (χ2v) is 12.3. The Morgan fingerprint density at radius 1 is 0.870 bits per heavy atom. The van der Waals surface area contributed by atoms with Gasteiger partial charge in [0.25, 0.3) is 5.91 Å². The number of carbonyl (C=O) groups is 5. The van der Waals surface area contributed by atoms with Crippen molar-refractivity contribution < 1.29 is 33.8 Å². The number of rotatable bonds is 16. The number of imidazole rings is 1. The van der Waals surface area contributed by atoms with E-state index in [-0.39, 0.29) is 43.9 Å². The number of hydrogen-bond donors (Lipinski definition) is 5. The summed E-state index contributed by atoms with van der Waals surface area (Å²) in [6.45, 7) is 7.38. The first-order valence-corrected chi connectivity index (χ1v) is 15.5. The fraction of sp³-hybridized carbons (Fsp3) is 0.471. The Morgan fingerprint density at radius 3 is 2.24 bits per heavy atom. The van der Waals surface area contributed by atoms with E-state index in [0.717, 1.165) is 16.3 Å². The van der Waals surface area contributed by atoms with Crippen molar-refractivity contribution in [2.75, 3.05) is 7.11 Å². The van der Waals surface area contributed by atoms with Crippen molar-refractivity contribution in [3.63, 3.8) is 0 Å². The maximum atomic E-state index is 13.8. The fourth-order valence-corrected chi connectivity index (χ4v) is 5.26. The molecule has 4 atom stereocenters. The first-order valence-electron chi connectivity index (χ1n) is 15.5. The normalized spacial score (nSPS) is 13.9. The van der Waals surface area contributed by atoms with Crippen LogP contribution < -0.4 is 16.0 Å². The molecule has 1 aromatic heterocycles. The number of hydrogen-bond acceptors (Lipinski definition) is 8. The van der Waals surface area contributed by atoms with Crippen molar-refractivity contribution in [3.05, 3.63) is 66.2 Å². The predicted octanol–water partition coefficient (Wildman–Crippen LogP) is 2.59. The quantitative estimate of drug-likeness (QED) is 0.149. The Labute approximate surface area is 269 Å². The molecule has 2 unspecified atom stereocenters. The van der Waals surface area contributed by atoms with Crippen LogP contribution in [0.25, 0.3) is 10.8 Å². The number of aliphatic hydroxyl groups excluding tert-OH is 1. The second kappa shape index (κ2) is 17.2. The van der Waals surface area contributed by atoms with Gasteiger partial charge in [-0.05, 0) is 41.0 Å². The number of methoxy groups -OCH3 is 1. The Balaban J connectivity index is 1.85. The molecule has 4 amide bonds. The number of fused-ring (bicyclic) bond motifs is 1. The lowest BCUT2D eigenvalue weighted by atomic mass is 9.91. The molecule has 0 saturated carbocycles. The van der Waals surface area contributed by atoms with Crippen LogP contribution in [0.1, 0.15) is 58.2 Å². The number of H-pyrrole nitrogens is 1. The van der Waals surface area contributed by atoms with Gasteiger partial charge in [-0.25, -0.2) is 4.98 Å². The summed E-state index contributed by atoms with van der Waals surface area (Å²) in [5.74, 6) is -4.14. The third-order valence-corrected chi connectivity index (χ3v) is 7.52. The van der Waals surface area contributed by atoms with Gasteiger partial charge in [0.1, 0.15) is 6.04 Å². The smallest absolute Gasteiger partial charge is 0.306 e. The van der Waals surface area contributed by atoms with Crippen LogP contribution in [-0.4, -0.2) is 70.0 Å². The van der Waals surface area contributed by atoms with E-state index < -0.39 is 53.7 Å². The lowest BCUT2D eigenvalue weighted by Crippen LogP contribution is -2.57. The lowest BCUT2D eigenvalue weighted by Gasteiger charge is -2.28. The number of amides is 4. The number of carbonyl (C=O) groups excluding carboxylic acids is 5. The number of imide groups is 1. The minimum Gasteiger partial charge on any atom is -0.469 e. The number of ether oxygens (including phenoxy) is 1.